The van der Waals surface area contributed by atoms with Crippen LogP contribution < -0.4 is 0 Å². The van der Waals surface area contributed by atoms with E-state index in [-0.39, 0.29) is 34.9 Å². The van der Waals surface area contributed by atoms with E-state index < -0.39 is 45.9 Å². The summed E-state index contributed by atoms with van der Waals surface area (Å²) in [7, 11) is 0. The molecule has 4 N–H and O–H groups in total. The molecule has 0 aromatic rings. The first-order valence-corrected chi connectivity index (χ1v) is 18.0. The summed E-state index contributed by atoms with van der Waals surface area (Å²) in [6, 6.07) is 0. The molecule has 6 rings (SSSR count). The fraction of sp³-hybridized carbons (Fsp3) is 0.816. The number of aliphatic hydroxyl groups excluding tert-OH is 3. The van der Waals surface area contributed by atoms with Gasteiger partial charge in [-0.1, -0.05) is 72.1 Å². The van der Waals surface area contributed by atoms with E-state index >= 15 is 0 Å². The Morgan fingerprint density at radius 3 is 2.31 bits per heavy atom. The van der Waals surface area contributed by atoms with Crippen LogP contribution in [0.2, 0.25) is 0 Å². The highest BCUT2D eigenvalue weighted by Crippen LogP contribution is 2.74. The van der Waals surface area contributed by atoms with Gasteiger partial charge in [0.1, 0.15) is 5.78 Å². The van der Waals surface area contributed by atoms with Crippen LogP contribution in [0.15, 0.2) is 22.8 Å². The van der Waals surface area contributed by atoms with Crippen molar-refractivity contribution in [2.24, 2.45) is 45.3 Å². The molecular formula is C38H56O7. The van der Waals surface area contributed by atoms with Crippen LogP contribution in [0.3, 0.4) is 0 Å². The lowest BCUT2D eigenvalue weighted by atomic mass is 9.40. The standard InChI is InChI=1S/C38H56O7/c1-22(34(44)45)17-24(39)18-25(23-11-7-5-8-12-23)26-19-31(43)36(4)32-27(40)20-29-35(2,3)30(42)13-16-37(29)14-9-6-10-15-38(26,36)21-28(41)33(32)37/h17,23-27,29,31,39-40,43H,5-16,18-21H2,1-4H3,(H,44,45)/b22-17+/t24-,25+,26-,27-,29-,31+,36+,37+,38-/m1/s1. The van der Waals surface area contributed by atoms with E-state index in [1.807, 2.05) is 13.8 Å². The number of hydrogen-bond acceptors (Lipinski definition) is 6. The van der Waals surface area contributed by atoms with E-state index in [1.165, 1.54) is 19.4 Å². The lowest BCUT2D eigenvalue weighted by molar-refractivity contribution is -0.150. The minimum Gasteiger partial charge on any atom is -0.478 e. The molecule has 4 fully saturated rings. The summed E-state index contributed by atoms with van der Waals surface area (Å²) in [4.78, 5) is 39.8. The third-order valence-electron chi connectivity index (χ3n) is 14.6. The Balaban J connectivity index is 1.51. The van der Waals surface area contributed by atoms with Crippen molar-refractivity contribution in [2.45, 2.75) is 149 Å². The Morgan fingerprint density at radius 1 is 0.956 bits per heavy atom. The Hall–Kier alpha value is -1.83. The number of carboxylic acid groups (broad SMARTS) is 1. The molecule has 0 radical (unpaired) electrons. The van der Waals surface area contributed by atoms with Gasteiger partial charge in [0, 0.05) is 40.2 Å². The van der Waals surface area contributed by atoms with Crippen LogP contribution in [0.1, 0.15) is 130 Å². The zero-order chi connectivity index (χ0) is 32.5. The number of aliphatic carboxylic acids is 1. The van der Waals surface area contributed by atoms with Crippen LogP contribution in [0.4, 0.5) is 0 Å². The van der Waals surface area contributed by atoms with E-state index in [0.717, 1.165) is 68.9 Å². The largest absolute Gasteiger partial charge is 0.478 e. The number of Topliss-reactive ketones (excluding diaryl/α,β-unsaturated/α-hetero) is 2. The molecule has 0 heterocycles. The van der Waals surface area contributed by atoms with Gasteiger partial charge in [-0.15, -0.1) is 0 Å². The van der Waals surface area contributed by atoms with E-state index in [4.69, 9.17) is 0 Å². The number of carboxylic acids is 1. The minimum absolute atomic E-state index is 0.0289. The fourth-order valence-corrected chi connectivity index (χ4v) is 12.5. The van der Waals surface area contributed by atoms with Crippen molar-refractivity contribution in [2.75, 3.05) is 0 Å². The second-order valence-corrected chi connectivity index (χ2v) is 16.8. The Morgan fingerprint density at radius 2 is 1.62 bits per heavy atom. The van der Waals surface area contributed by atoms with Gasteiger partial charge in [-0.25, -0.2) is 4.79 Å². The fourth-order valence-electron chi connectivity index (χ4n) is 12.5. The van der Waals surface area contributed by atoms with Crippen LogP contribution in [-0.2, 0) is 14.4 Å². The Labute approximate surface area is 268 Å². The Bertz CT molecular complexity index is 1290. The molecule has 0 unspecified atom stereocenters. The molecule has 6 aliphatic rings. The van der Waals surface area contributed by atoms with E-state index in [1.54, 1.807) is 0 Å². The number of rotatable bonds is 6. The summed E-state index contributed by atoms with van der Waals surface area (Å²) in [5.41, 5.74) is -0.750. The van der Waals surface area contributed by atoms with Gasteiger partial charge in [0.25, 0.3) is 0 Å². The van der Waals surface area contributed by atoms with Crippen LogP contribution in [0.5, 0.6) is 0 Å². The summed E-state index contributed by atoms with van der Waals surface area (Å²) < 4.78 is 0. The van der Waals surface area contributed by atoms with E-state index in [0.29, 0.717) is 44.4 Å². The van der Waals surface area contributed by atoms with Crippen molar-refractivity contribution in [3.05, 3.63) is 22.8 Å². The first-order chi connectivity index (χ1) is 21.2. The molecular weight excluding hydrogens is 568 g/mol. The van der Waals surface area contributed by atoms with Gasteiger partial charge in [-0.2, -0.15) is 0 Å². The van der Waals surface area contributed by atoms with Gasteiger partial charge in [-0.3, -0.25) is 9.59 Å². The maximum atomic E-state index is 14.9. The van der Waals surface area contributed by atoms with Gasteiger partial charge in [-0.05, 0) is 86.2 Å². The number of ketones is 2. The summed E-state index contributed by atoms with van der Waals surface area (Å²) in [6.07, 6.45) is 11.8. The topological polar surface area (TPSA) is 132 Å². The van der Waals surface area contributed by atoms with Gasteiger partial charge < -0.3 is 20.4 Å². The lowest BCUT2D eigenvalue weighted by Gasteiger charge is -2.63. The number of aliphatic hydroxyl groups is 3. The van der Waals surface area contributed by atoms with Crippen molar-refractivity contribution in [3.63, 3.8) is 0 Å². The van der Waals surface area contributed by atoms with Gasteiger partial charge in [0.05, 0.1) is 18.3 Å². The van der Waals surface area contributed by atoms with E-state index in [9.17, 15) is 34.8 Å². The first-order valence-electron chi connectivity index (χ1n) is 18.0. The van der Waals surface area contributed by atoms with Crippen LogP contribution >= 0.6 is 0 Å². The quantitative estimate of drug-likeness (QED) is 0.254. The zero-order valence-corrected chi connectivity index (χ0v) is 27.9. The molecule has 7 nitrogen and oxygen atoms in total. The molecule has 0 aromatic heterocycles. The highest BCUT2D eigenvalue weighted by atomic mass is 16.4. The molecule has 9 atom stereocenters. The molecule has 7 heteroatoms. The number of allylic oxidation sites excluding steroid dienone is 1. The monoisotopic (exact) mass is 624 g/mol. The van der Waals surface area contributed by atoms with Crippen molar-refractivity contribution >= 4 is 17.5 Å². The van der Waals surface area contributed by atoms with Gasteiger partial charge in [0.2, 0.25) is 0 Å². The summed E-state index contributed by atoms with van der Waals surface area (Å²) in [5, 5.41) is 45.3. The van der Waals surface area contributed by atoms with Crippen molar-refractivity contribution in [1.82, 2.24) is 0 Å². The number of hydrogen-bond donors (Lipinski definition) is 4. The first kappa shape index (κ1) is 33.1. The van der Waals surface area contributed by atoms with Crippen molar-refractivity contribution < 1.29 is 34.8 Å². The minimum atomic E-state index is -1.04. The number of carbonyl (C=O) groups is 3. The molecule has 4 saturated carbocycles. The van der Waals surface area contributed by atoms with Crippen LogP contribution in [0.25, 0.3) is 0 Å². The normalized spacial score (nSPS) is 41.8. The molecule has 0 saturated heterocycles. The maximum absolute atomic E-state index is 14.9. The third-order valence-corrected chi connectivity index (χ3v) is 14.6. The van der Waals surface area contributed by atoms with Crippen LogP contribution in [0, 0.1) is 45.3 Å². The maximum Gasteiger partial charge on any atom is 0.331 e. The summed E-state index contributed by atoms with van der Waals surface area (Å²) >= 11 is 0. The molecule has 0 aliphatic heterocycles. The zero-order valence-electron chi connectivity index (χ0n) is 27.9. The van der Waals surface area contributed by atoms with Crippen molar-refractivity contribution in [3.8, 4) is 0 Å². The molecule has 2 bridgehead atoms. The number of fused-ring (bicyclic) bond motifs is 2. The van der Waals surface area contributed by atoms with E-state index in [2.05, 4.69) is 6.92 Å². The second-order valence-electron chi connectivity index (χ2n) is 16.8. The molecule has 6 aliphatic carbocycles. The summed E-state index contributed by atoms with van der Waals surface area (Å²) in [6.45, 7) is 7.68. The SMILES string of the molecule is C/C(=C\[C@@H](O)C[C@@H](C1CCCCC1)[C@H]1C[C@H](O)[C@@]2(C)C3=C4C(=O)C[C@]12CCCCC[C@@]41CCC(=O)C(C)(C)[C@H]1C[C@H]3O)C(=O)O. The molecule has 250 valence electrons. The molecule has 0 amide bonds. The number of carbonyl (C=O) groups excluding carboxylic acids is 2. The van der Waals surface area contributed by atoms with Gasteiger partial charge in [0.15, 0.2) is 5.78 Å². The van der Waals surface area contributed by atoms with Gasteiger partial charge >= 0.3 is 5.97 Å². The highest BCUT2D eigenvalue weighted by molar-refractivity contribution is 6.01. The smallest absolute Gasteiger partial charge is 0.331 e. The highest BCUT2D eigenvalue weighted by Gasteiger charge is 2.72. The lowest BCUT2D eigenvalue weighted by Crippen LogP contribution is -2.62. The predicted octanol–water partition coefficient (Wildman–Crippen LogP) is 6.33. The molecule has 45 heavy (non-hydrogen) atoms. The Kier molecular flexibility index (Phi) is 8.60. The second kappa shape index (κ2) is 11.7. The predicted molar refractivity (Wildman–Crippen MR) is 171 cm³/mol. The van der Waals surface area contributed by atoms with Crippen molar-refractivity contribution in [1.29, 1.82) is 0 Å². The molecule has 0 aromatic carbocycles. The average Bonchev–Trinajstić information content (AvgIpc) is 3.21. The van der Waals surface area contributed by atoms with Crippen LogP contribution in [-0.4, -0.2) is 56.3 Å². The third kappa shape index (κ3) is 4.87. The molecule has 2 spiro atoms. The summed E-state index contributed by atoms with van der Waals surface area (Å²) in [5.74, 6) is -0.486. The average molecular weight is 625 g/mol.